The Kier molecular flexibility index (Phi) is 6.08. The molecule has 0 aliphatic carbocycles. The van der Waals surface area contributed by atoms with Gasteiger partial charge in [-0.15, -0.1) is 0 Å². The largest absolute Gasteiger partial charge is 0.497 e. The van der Waals surface area contributed by atoms with Crippen molar-refractivity contribution in [1.82, 2.24) is 24.4 Å². The minimum absolute atomic E-state index is 0.0393. The molecule has 34 heavy (non-hydrogen) atoms. The van der Waals surface area contributed by atoms with Gasteiger partial charge in [-0.1, -0.05) is 30.3 Å². The van der Waals surface area contributed by atoms with E-state index in [1.54, 1.807) is 19.5 Å². The van der Waals surface area contributed by atoms with E-state index in [0.29, 0.717) is 18.9 Å². The number of ether oxygens (including phenoxy) is 1. The summed E-state index contributed by atoms with van der Waals surface area (Å²) in [6, 6.07) is 17.4. The van der Waals surface area contributed by atoms with Crippen molar-refractivity contribution in [1.29, 1.82) is 0 Å². The molecule has 1 aliphatic rings. The van der Waals surface area contributed by atoms with Crippen molar-refractivity contribution >= 4 is 5.91 Å². The van der Waals surface area contributed by atoms with Crippen molar-refractivity contribution < 1.29 is 9.53 Å². The van der Waals surface area contributed by atoms with Crippen LogP contribution in [-0.4, -0.2) is 44.0 Å². The summed E-state index contributed by atoms with van der Waals surface area (Å²) in [7, 11) is 1.64. The van der Waals surface area contributed by atoms with E-state index in [9.17, 15) is 4.79 Å². The molecule has 7 heteroatoms. The fourth-order valence-corrected chi connectivity index (χ4v) is 4.55. The second-order valence-corrected chi connectivity index (χ2v) is 8.45. The molecule has 5 rings (SSSR count). The second kappa shape index (κ2) is 9.47. The molecule has 0 bridgehead atoms. The quantitative estimate of drug-likeness (QED) is 0.424. The first-order valence-corrected chi connectivity index (χ1v) is 11.5. The highest BCUT2D eigenvalue weighted by Crippen LogP contribution is 2.33. The zero-order valence-corrected chi connectivity index (χ0v) is 19.4. The number of amides is 1. The third kappa shape index (κ3) is 4.29. The SMILES string of the molecule is COc1cccc(-c2nccc(C3CCCN3C(=O)c3ccccc3Cn3ccnc3C)n2)c1. The van der Waals surface area contributed by atoms with Crippen molar-refractivity contribution in [3.05, 3.63) is 95.8 Å². The van der Waals surface area contributed by atoms with Crippen molar-refractivity contribution in [3.63, 3.8) is 0 Å². The second-order valence-electron chi connectivity index (χ2n) is 8.45. The lowest BCUT2D eigenvalue weighted by Gasteiger charge is -2.25. The number of rotatable bonds is 6. The number of methoxy groups -OCH3 is 1. The molecule has 0 spiro atoms. The van der Waals surface area contributed by atoms with Crippen molar-refractivity contribution in [2.45, 2.75) is 32.4 Å². The van der Waals surface area contributed by atoms with Gasteiger partial charge in [-0.3, -0.25) is 4.79 Å². The molecule has 0 saturated carbocycles. The zero-order chi connectivity index (χ0) is 23.5. The van der Waals surface area contributed by atoms with Crippen LogP contribution in [0.4, 0.5) is 0 Å². The summed E-state index contributed by atoms with van der Waals surface area (Å²) >= 11 is 0. The highest BCUT2D eigenvalue weighted by atomic mass is 16.5. The molecule has 1 aliphatic heterocycles. The maximum atomic E-state index is 13.7. The van der Waals surface area contributed by atoms with Gasteiger partial charge in [-0.25, -0.2) is 15.0 Å². The Balaban J connectivity index is 1.43. The van der Waals surface area contributed by atoms with E-state index in [-0.39, 0.29) is 11.9 Å². The van der Waals surface area contributed by atoms with Crippen LogP contribution in [0.3, 0.4) is 0 Å². The summed E-state index contributed by atoms with van der Waals surface area (Å²) < 4.78 is 7.40. The number of aromatic nitrogens is 4. The Morgan fingerprint density at radius 2 is 1.97 bits per heavy atom. The standard InChI is InChI=1S/C27H27N5O2/c1-19-28-14-16-31(19)18-21-7-3-4-10-23(21)27(33)32-15-6-11-25(32)24-12-13-29-26(30-24)20-8-5-9-22(17-20)34-2/h3-5,7-10,12-14,16-17,25H,6,11,15,18H2,1-2H3. The number of carbonyl (C=O) groups excluding carboxylic acids is 1. The van der Waals surface area contributed by atoms with E-state index >= 15 is 0 Å². The Labute approximate surface area is 199 Å². The van der Waals surface area contributed by atoms with E-state index < -0.39 is 0 Å². The van der Waals surface area contributed by atoms with Crippen LogP contribution in [-0.2, 0) is 6.54 Å². The van der Waals surface area contributed by atoms with Crippen LogP contribution in [0.25, 0.3) is 11.4 Å². The Hall–Kier alpha value is -4.00. The van der Waals surface area contributed by atoms with Crippen LogP contribution in [0.1, 0.15) is 46.3 Å². The summed E-state index contributed by atoms with van der Waals surface area (Å²) in [6.07, 6.45) is 7.32. The van der Waals surface area contributed by atoms with Gasteiger partial charge in [-0.2, -0.15) is 0 Å². The number of nitrogens with zero attached hydrogens (tertiary/aromatic N) is 5. The van der Waals surface area contributed by atoms with Crippen LogP contribution in [0.2, 0.25) is 0 Å². The fourth-order valence-electron chi connectivity index (χ4n) is 4.55. The Morgan fingerprint density at radius 1 is 1.09 bits per heavy atom. The molecule has 1 atom stereocenters. The van der Waals surface area contributed by atoms with E-state index in [4.69, 9.17) is 9.72 Å². The molecule has 2 aromatic carbocycles. The molecule has 0 radical (unpaired) electrons. The fraction of sp³-hybridized carbons (Fsp3) is 0.259. The number of likely N-dealkylation sites (tertiary alicyclic amines) is 1. The molecule has 1 saturated heterocycles. The first kappa shape index (κ1) is 21.8. The molecule has 3 heterocycles. The smallest absolute Gasteiger partial charge is 0.254 e. The molecule has 7 nitrogen and oxygen atoms in total. The van der Waals surface area contributed by atoms with Gasteiger partial charge in [0, 0.05) is 42.8 Å². The molecule has 172 valence electrons. The maximum absolute atomic E-state index is 13.7. The number of aryl methyl sites for hydroxylation is 1. The zero-order valence-electron chi connectivity index (χ0n) is 19.4. The third-order valence-electron chi connectivity index (χ3n) is 6.37. The maximum Gasteiger partial charge on any atom is 0.254 e. The van der Waals surface area contributed by atoms with Crippen molar-refractivity contribution in [2.24, 2.45) is 0 Å². The molecule has 4 aromatic rings. The lowest BCUT2D eigenvalue weighted by molar-refractivity contribution is 0.0731. The van der Waals surface area contributed by atoms with Gasteiger partial charge in [0.05, 0.1) is 18.8 Å². The molecule has 1 fully saturated rings. The number of carbonyl (C=O) groups is 1. The Morgan fingerprint density at radius 3 is 2.79 bits per heavy atom. The molecule has 0 N–H and O–H groups in total. The third-order valence-corrected chi connectivity index (χ3v) is 6.37. The summed E-state index contributed by atoms with van der Waals surface area (Å²) in [5.41, 5.74) is 3.46. The summed E-state index contributed by atoms with van der Waals surface area (Å²) in [6.45, 7) is 3.29. The lowest BCUT2D eigenvalue weighted by atomic mass is 10.0. The Bertz CT molecular complexity index is 1320. The van der Waals surface area contributed by atoms with E-state index in [1.165, 1.54) is 0 Å². The highest BCUT2D eigenvalue weighted by Gasteiger charge is 2.32. The molecule has 1 unspecified atom stereocenters. The van der Waals surface area contributed by atoms with Crippen LogP contribution in [0.15, 0.2) is 73.2 Å². The van der Waals surface area contributed by atoms with Gasteiger partial charge >= 0.3 is 0 Å². The van der Waals surface area contributed by atoms with E-state index in [1.807, 2.05) is 72.6 Å². The van der Waals surface area contributed by atoms with E-state index in [0.717, 1.165) is 46.8 Å². The first-order valence-electron chi connectivity index (χ1n) is 11.5. The highest BCUT2D eigenvalue weighted by molar-refractivity contribution is 5.96. The van der Waals surface area contributed by atoms with Gasteiger partial charge in [0.1, 0.15) is 11.6 Å². The van der Waals surface area contributed by atoms with Gasteiger partial charge in [0.25, 0.3) is 5.91 Å². The van der Waals surface area contributed by atoms with Crippen molar-refractivity contribution in [3.8, 4) is 17.1 Å². The molecular weight excluding hydrogens is 426 g/mol. The number of hydrogen-bond donors (Lipinski definition) is 0. The number of imidazole rings is 1. The lowest BCUT2D eigenvalue weighted by Crippen LogP contribution is -2.32. The van der Waals surface area contributed by atoms with Gasteiger partial charge in [0.15, 0.2) is 5.82 Å². The van der Waals surface area contributed by atoms with Gasteiger partial charge in [0.2, 0.25) is 0 Å². The minimum atomic E-state index is -0.0807. The summed E-state index contributed by atoms with van der Waals surface area (Å²) in [4.78, 5) is 29.3. The normalized spacial score (nSPS) is 15.5. The topological polar surface area (TPSA) is 73.1 Å². The summed E-state index contributed by atoms with van der Waals surface area (Å²) in [5, 5.41) is 0. The van der Waals surface area contributed by atoms with Crippen LogP contribution < -0.4 is 4.74 Å². The van der Waals surface area contributed by atoms with Crippen LogP contribution in [0, 0.1) is 6.92 Å². The average Bonchev–Trinajstić information content (AvgIpc) is 3.53. The van der Waals surface area contributed by atoms with E-state index in [2.05, 4.69) is 14.5 Å². The van der Waals surface area contributed by atoms with Crippen LogP contribution in [0.5, 0.6) is 5.75 Å². The number of hydrogen-bond acceptors (Lipinski definition) is 5. The molecular formula is C27H27N5O2. The number of benzene rings is 2. The van der Waals surface area contributed by atoms with Gasteiger partial charge < -0.3 is 14.2 Å². The molecule has 2 aromatic heterocycles. The van der Waals surface area contributed by atoms with Gasteiger partial charge in [-0.05, 0) is 49.6 Å². The average molecular weight is 454 g/mol. The summed E-state index contributed by atoms with van der Waals surface area (Å²) in [5.74, 6) is 2.35. The predicted molar refractivity (Wildman–Crippen MR) is 130 cm³/mol. The van der Waals surface area contributed by atoms with Crippen molar-refractivity contribution in [2.75, 3.05) is 13.7 Å². The first-order chi connectivity index (χ1) is 16.6. The monoisotopic (exact) mass is 453 g/mol. The predicted octanol–water partition coefficient (Wildman–Crippen LogP) is 4.68. The van der Waals surface area contributed by atoms with Crippen LogP contribution >= 0.6 is 0 Å². The molecule has 1 amide bonds. The minimum Gasteiger partial charge on any atom is -0.497 e.